The number of thiazole rings is 1. The largest absolute Gasteiger partial charge is 0.456 e. The Morgan fingerprint density at radius 1 is 1.19 bits per heavy atom. The van der Waals surface area contributed by atoms with Gasteiger partial charge in [-0.2, -0.15) is 0 Å². The van der Waals surface area contributed by atoms with Crippen molar-refractivity contribution >= 4 is 40.6 Å². The Labute approximate surface area is 192 Å². The van der Waals surface area contributed by atoms with E-state index in [4.69, 9.17) is 4.74 Å². The molecule has 0 radical (unpaired) electrons. The molecule has 3 heterocycles. The van der Waals surface area contributed by atoms with Gasteiger partial charge in [-0.15, -0.1) is 23.7 Å². The highest BCUT2D eigenvalue weighted by Gasteiger charge is 2.25. The number of hydrogen-bond donors (Lipinski definition) is 1. The summed E-state index contributed by atoms with van der Waals surface area (Å²) in [6.45, 7) is 8.26. The number of nitrogens with zero attached hydrogens (tertiary/aromatic N) is 4. The van der Waals surface area contributed by atoms with E-state index in [0.717, 1.165) is 30.5 Å². The molecule has 1 aliphatic heterocycles. The zero-order chi connectivity index (χ0) is 20.9. The van der Waals surface area contributed by atoms with Crippen LogP contribution in [0.4, 0.5) is 10.9 Å². The van der Waals surface area contributed by atoms with Gasteiger partial charge in [0.15, 0.2) is 5.13 Å². The monoisotopic (exact) mass is 459 g/mol. The first kappa shape index (κ1) is 23.0. The van der Waals surface area contributed by atoms with Crippen LogP contribution in [-0.2, 0) is 0 Å². The number of aromatic nitrogens is 2. The Balaban J connectivity index is 0.00000272. The molecule has 9 heteroatoms. The molecule has 164 valence electrons. The number of anilines is 2. The number of halogens is 1. The number of benzene rings is 1. The highest BCUT2D eigenvalue weighted by Crippen LogP contribution is 2.30. The molecular formula is C22H26ClN5O2S. The number of pyridine rings is 1. The summed E-state index contributed by atoms with van der Waals surface area (Å²) in [6, 6.07) is 11.2. The van der Waals surface area contributed by atoms with Crippen LogP contribution in [0.5, 0.6) is 11.5 Å². The first-order chi connectivity index (χ1) is 14.6. The fourth-order valence-electron chi connectivity index (χ4n) is 3.32. The van der Waals surface area contributed by atoms with E-state index in [0.29, 0.717) is 36.0 Å². The first-order valence-electron chi connectivity index (χ1n) is 10.1. The number of para-hydroxylation sites is 1. The number of ether oxygens (including phenoxy) is 1. The van der Waals surface area contributed by atoms with Gasteiger partial charge in [-0.25, -0.2) is 9.97 Å². The summed E-state index contributed by atoms with van der Waals surface area (Å²) in [5, 5.41) is 5.91. The molecule has 1 N–H and O–H groups in total. The average molecular weight is 460 g/mol. The van der Waals surface area contributed by atoms with Crippen LogP contribution in [0.2, 0.25) is 0 Å². The zero-order valence-corrected chi connectivity index (χ0v) is 19.2. The third-order valence-electron chi connectivity index (χ3n) is 5.03. The van der Waals surface area contributed by atoms with E-state index in [1.165, 1.54) is 11.3 Å². The molecule has 0 bridgehead atoms. The standard InChI is InChI=1S/C22H25N5O2S.ClH/c1-3-26-9-11-27(12-10-26)21(28)18-14-23-20(25-22-24-16(2)15-30-22)13-19(18)29-17-7-5-4-6-8-17;/h4-8,13-15H,3,9-12H2,1-2H3,(H,23,24,25);1H. The van der Waals surface area contributed by atoms with Crippen molar-refractivity contribution in [2.75, 3.05) is 38.0 Å². The lowest BCUT2D eigenvalue weighted by atomic mass is 10.2. The topological polar surface area (TPSA) is 70.6 Å². The minimum absolute atomic E-state index is 0. The fraction of sp³-hybridized carbons (Fsp3) is 0.318. The number of carbonyl (C=O) groups is 1. The molecule has 1 aromatic carbocycles. The van der Waals surface area contributed by atoms with Crippen LogP contribution in [0.1, 0.15) is 23.0 Å². The lowest BCUT2D eigenvalue weighted by molar-refractivity contribution is 0.0640. The second-order valence-electron chi connectivity index (χ2n) is 7.13. The summed E-state index contributed by atoms with van der Waals surface area (Å²) in [4.78, 5) is 26.3. The number of carbonyl (C=O) groups excluding carboxylic acids is 1. The molecule has 1 aliphatic rings. The smallest absolute Gasteiger partial charge is 0.259 e. The maximum Gasteiger partial charge on any atom is 0.259 e. The third-order valence-corrected chi connectivity index (χ3v) is 5.90. The van der Waals surface area contributed by atoms with Crippen LogP contribution < -0.4 is 10.1 Å². The Kier molecular flexibility index (Phi) is 7.84. The maximum atomic E-state index is 13.2. The van der Waals surface area contributed by atoms with Crippen LogP contribution in [0.25, 0.3) is 0 Å². The van der Waals surface area contributed by atoms with Gasteiger partial charge < -0.3 is 19.9 Å². The summed E-state index contributed by atoms with van der Waals surface area (Å²) in [5.74, 6) is 1.68. The molecule has 2 aromatic heterocycles. The average Bonchev–Trinajstić information content (AvgIpc) is 3.19. The van der Waals surface area contributed by atoms with E-state index in [2.05, 4.69) is 27.1 Å². The van der Waals surface area contributed by atoms with Gasteiger partial charge >= 0.3 is 0 Å². The van der Waals surface area contributed by atoms with Gasteiger partial charge in [0.1, 0.15) is 22.9 Å². The van der Waals surface area contributed by atoms with Crippen molar-refractivity contribution < 1.29 is 9.53 Å². The number of aryl methyl sites for hydroxylation is 1. The lowest BCUT2D eigenvalue weighted by Gasteiger charge is -2.34. The number of likely N-dealkylation sites (N-methyl/N-ethyl adjacent to an activating group) is 1. The summed E-state index contributed by atoms with van der Waals surface area (Å²) in [5.41, 5.74) is 1.41. The molecule has 3 aromatic rings. The van der Waals surface area contributed by atoms with Crippen molar-refractivity contribution in [3.05, 3.63) is 59.2 Å². The van der Waals surface area contributed by atoms with E-state index in [-0.39, 0.29) is 18.3 Å². The highest BCUT2D eigenvalue weighted by atomic mass is 35.5. The van der Waals surface area contributed by atoms with Crippen molar-refractivity contribution in [2.45, 2.75) is 13.8 Å². The molecule has 0 saturated carbocycles. The summed E-state index contributed by atoms with van der Waals surface area (Å²) in [7, 11) is 0. The SMILES string of the molecule is CCN1CCN(C(=O)c2cnc(Nc3nc(C)cs3)cc2Oc2ccccc2)CC1.Cl. The van der Waals surface area contributed by atoms with E-state index in [1.807, 2.05) is 47.5 Å². The van der Waals surface area contributed by atoms with Crippen molar-refractivity contribution in [3.63, 3.8) is 0 Å². The molecule has 1 saturated heterocycles. The van der Waals surface area contributed by atoms with E-state index >= 15 is 0 Å². The number of amides is 1. The van der Waals surface area contributed by atoms with Gasteiger partial charge in [-0.3, -0.25) is 4.79 Å². The second kappa shape index (κ2) is 10.6. The molecule has 0 aliphatic carbocycles. The summed E-state index contributed by atoms with van der Waals surface area (Å²) in [6.07, 6.45) is 1.59. The van der Waals surface area contributed by atoms with Crippen molar-refractivity contribution in [3.8, 4) is 11.5 Å². The number of nitrogens with one attached hydrogen (secondary N) is 1. The Morgan fingerprint density at radius 3 is 2.58 bits per heavy atom. The number of rotatable bonds is 6. The van der Waals surface area contributed by atoms with E-state index < -0.39 is 0 Å². The van der Waals surface area contributed by atoms with Gasteiger partial charge in [0, 0.05) is 43.8 Å². The summed E-state index contributed by atoms with van der Waals surface area (Å²) < 4.78 is 6.09. The van der Waals surface area contributed by atoms with Gasteiger partial charge in [0.25, 0.3) is 5.91 Å². The van der Waals surface area contributed by atoms with E-state index in [1.54, 1.807) is 12.3 Å². The van der Waals surface area contributed by atoms with Crippen molar-refractivity contribution in [1.29, 1.82) is 0 Å². The minimum Gasteiger partial charge on any atom is -0.456 e. The maximum absolute atomic E-state index is 13.2. The van der Waals surface area contributed by atoms with Crippen LogP contribution >= 0.6 is 23.7 Å². The summed E-state index contributed by atoms with van der Waals surface area (Å²) >= 11 is 1.51. The molecule has 1 fully saturated rings. The van der Waals surface area contributed by atoms with Crippen LogP contribution in [0, 0.1) is 6.92 Å². The van der Waals surface area contributed by atoms with Gasteiger partial charge in [0.2, 0.25) is 0 Å². The predicted octanol–water partition coefficient (Wildman–Crippen LogP) is 4.58. The van der Waals surface area contributed by atoms with Crippen molar-refractivity contribution in [2.24, 2.45) is 0 Å². The van der Waals surface area contributed by atoms with Gasteiger partial charge in [-0.1, -0.05) is 25.1 Å². The first-order valence-corrected chi connectivity index (χ1v) is 10.9. The lowest BCUT2D eigenvalue weighted by Crippen LogP contribution is -2.48. The number of hydrogen-bond acceptors (Lipinski definition) is 7. The third kappa shape index (κ3) is 5.72. The molecule has 0 unspecified atom stereocenters. The molecule has 1 amide bonds. The molecule has 7 nitrogen and oxygen atoms in total. The molecular weight excluding hydrogens is 434 g/mol. The minimum atomic E-state index is -0.0548. The second-order valence-corrected chi connectivity index (χ2v) is 7.98. The van der Waals surface area contributed by atoms with Crippen LogP contribution in [0.3, 0.4) is 0 Å². The Hall–Kier alpha value is -2.68. The van der Waals surface area contributed by atoms with Gasteiger partial charge in [-0.05, 0) is 25.6 Å². The number of piperazine rings is 1. The Morgan fingerprint density at radius 2 is 1.94 bits per heavy atom. The quantitative estimate of drug-likeness (QED) is 0.581. The van der Waals surface area contributed by atoms with Gasteiger partial charge in [0.05, 0.1) is 5.69 Å². The molecule has 0 spiro atoms. The molecule has 4 rings (SSSR count). The molecule has 31 heavy (non-hydrogen) atoms. The Bertz CT molecular complexity index is 1010. The predicted molar refractivity (Wildman–Crippen MR) is 126 cm³/mol. The fourth-order valence-corrected chi connectivity index (χ4v) is 4.02. The van der Waals surface area contributed by atoms with Crippen LogP contribution in [0.15, 0.2) is 48.0 Å². The zero-order valence-electron chi connectivity index (χ0n) is 17.6. The van der Waals surface area contributed by atoms with Crippen molar-refractivity contribution in [1.82, 2.24) is 19.8 Å². The normalized spacial score (nSPS) is 14.1. The molecule has 0 atom stereocenters. The van der Waals surface area contributed by atoms with E-state index in [9.17, 15) is 4.79 Å². The van der Waals surface area contributed by atoms with Crippen LogP contribution in [-0.4, -0.2) is 58.4 Å². The highest BCUT2D eigenvalue weighted by molar-refractivity contribution is 7.13.